The molecule has 0 radical (unpaired) electrons. The topological polar surface area (TPSA) is 55.1 Å². The average molecular weight is 192 g/mol. The van der Waals surface area contributed by atoms with Crippen LogP contribution in [0.25, 0.3) is 0 Å². The Balaban J connectivity index is 2.81. The number of nitrogens with one attached hydrogen (secondary N) is 1. The molecule has 1 aromatic carbocycles. The third-order valence-corrected chi connectivity index (χ3v) is 1.55. The Kier molecular flexibility index (Phi) is 3.08. The van der Waals surface area contributed by atoms with Gasteiger partial charge >= 0.3 is 0 Å². The molecule has 4 heteroatoms. The molecule has 0 saturated carbocycles. The third-order valence-electron chi connectivity index (χ3n) is 1.55. The van der Waals surface area contributed by atoms with Crippen LogP contribution in [0.4, 0.5) is 15.8 Å². The minimum atomic E-state index is -0.463. The predicted octanol–water partition coefficient (Wildman–Crippen LogP) is 1.37. The number of carbonyl (C=O) groups is 1. The zero-order valence-electron chi connectivity index (χ0n) is 7.38. The van der Waals surface area contributed by atoms with E-state index < -0.39 is 5.82 Å². The summed E-state index contributed by atoms with van der Waals surface area (Å²) in [6.45, 7) is 0. The first kappa shape index (κ1) is 10.1. The number of rotatable bonds is 2. The number of nitrogens with two attached hydrogens (primary N) is 1. The molecule has 72 valence electrons. The molecule has 0 bridgehead atoms. The van der Waals surface area contributed by atoms with Crippen LogP contribution in [0.15, 0.2) is 18.2 Å². The summed E-state index contributed by atoms with van der Waals surface area (Å²) in [4.78, 5) is 11.0. The summed E-state index contributed by atoms with van der Waals surface area (Å²) in [6, 6.07) is 3.73. The van der Waals surface area contributed by atoms with Crippen LogP contribution < -0.4 is 11.1 Å². The highest BCUT2D eigenvalue weighted by molar-refractivity contribution is 5.94. The van der Waals surface area contributed by atoms with E-state index in [-0.39, 0.29) is 18.0 Å². The monoisotopic (exact) mass is 192 g/mol. The molecule has 0 atom stereocenters. The van der Waals surface area contributed by atoms with E-state index in [4.69, 9.17) is 12.2 Å². The van der Waals surface area contributed by atoms with Crippen molar-refractivity contribution in [1.29, 1.82) is 0 Å². The molecule has 0 saturated heterocycles. The minimum Gasteiger partial charge on any atom is -0.397 e. The first-order valence-corrected chi connectivity index (χ1v) is 3.92. The summed E-state index contributed by atoms with van der Waals surface area (Å²) < 4.78 is 12.7. The van der Waals surface area contributed by atoms with Crippen LogP contribution in [-0.2, 0) is 4.79 Å². The molecular formula is C10H9FN2O. The Hall–Kier alpha value is -2.02. The van der Waals surface area contributed by atoms with Crippen molar-refractivity contribution in [2.75, 3.05) is 11.1 Å². The van der Waals surface area contributed by atoms with Gasteiger partial charge in [0.2, 0.25) is 5.91 Å². The van der Waals surface area contributed by atoms with Crippen LogP contribution >= 0.6 is 0 Å². The van der Waals surface area contributed by atoms with E-state index in [9.17, 15) is 9.18 Å². The maximum absolute atomic E-state index is 12.7. The normalized spacial score (nSPS) is 9.14. The van der Waals surface area contributed by atoms with Crippen LogP contribution in [0.1, 0.15) is 6.42 Å². The summed E-state index contributed by atoms with van der Waals surface area (Å²) in [5.41, 5.74) is 6.04. The Morgan fingerprint density at radius 1 is 1.64 bits per heavy atom. The van der Waals surface area contributed by atoms with Crippen molar-refractivity contribution in [3.05, 3.63) is 24.0 Å². The van der Waals surface area contributed by atoms with Crippen molar-refractivity contribution < 1.29 is 9.18 Å². The molecule has 0 fully saturated rings. The Labute approximate surface area is 81.1 Å². The molecule has 1 amide bonds. The largest absolute Gasteiger partial charge is 0.397 e. The van der Waals surface area contributed by atoms with E-state index in [0.717, 1.165) is 6.07 Å². The van der Waals surface area contributed by atoms with E-state index in [1.54, 1.807) is 0 Å². The lowest BCUT2D eigenvalue weighted by Gasteiger charge is -2.06. The highest BCUT2D eigenvalue weighted by atomic mass is 19.1. The SMILES string of the molecule is C#CCC(=O)Nc1cc(F)ccc1N. The molecule has 0 aliphatic rings. The van der Waals surface area contributed by atoms with Gasteiger partial charge in [0.1, 0.15) is 5.82 Å². The first-order valence-electron chi connectivity index (χ1n) is 3.92. The fourth-order valence-electron chi connectivity index (χ4n) is 0.924. The number of nitrogen functional groups attached to an aromatic ring is 1. The summed E-state index contributed by atoms with van der Waals surface area (Å²) in [5, 5.41) is 2.41. The zero-order chi connectivity index (χ0) is 10.6. The van der Waals surface area contributed by atoms with Gasteiger partial charge in [0.15, 0.2) is 0 Å². The standard InChI is InChI=1S/C10H9FN2O/c1-2-3-10(14)13-9-6-7(11)4-5-8(9)12/h1,4-6H,3,12H2,(H,13,14). The number of carbonyl (C=O) groups excluding carboxylic acids is 1. The summed E-state index contributed by atoms with van der Waals surface area (Å²) in [6.07, 6.45) is 4.88. The number of amides is 1. The molecule has 3 nitrogen and oxygen atoms in total. The van der Waals surface area contributed by atoms with Crippen LogP contribution in [-0.4, -0.2) is 5.91 Å². The highest BCUT2D eigenvalue weighted by Gasteiger charge is 2.04. The molecule has 14 heavy (non-hydrogen) atoms. The van der Waals surface area contributed by atoms with E-state index in [1.807, 2.05) is 0 Å². The smallest absolute Gasteiger partial charge is 0.236 e. The maximum atomic E-state index is 12.7. The summed E-state index contributed by atoms with van der Waals surface area (Å²) in [5.74, 6) is 1.33. The van der Waals surface area contributed by atoms with Crippen molar-refractivity contribution in [3.8, 4) is 12.3 Å². The van der Waals surface area contributed by atoms with Crippen molar-refractivity contribution in [2.24, 2.45) is 0 Å². The van der Waals surface area contributed by atoms with Crippen molar-refractivity contribution in [3.63, 3.8) is 0 Å². The van der Waals surface area contributed by atoms with Gasteiger partial charge in [-0.25, -0.2) is 4.39 Å². The molecule has 0 aliphatic heterocycles. The molecule has 0 unspecified atom stereocenters. The molecule has 0 spiro atoms. The first-order chi connectivity index (χ1) is 6.63. The van der Waals surface area contributed by atoms with E-state index in [2.05, 4.69) is 11.2 Å². The molecule has 0 aliphatic carbocycles. The second-order valence-corrected chi connectivity index (χ2v) is 2.66. The summed E-state index contributed by atoms with van der Waals surface area (Å²) in [7, 11) is 0. The Morgan fingerprint density at radius 3 is 3.00 bits per heavy atom. The van der Waals surface area contributed by atoms with Crippen LogP contribution in [0.5, 0.6) is 0 Å². The molecule has 3 N–H and O–H groups in total. The number of anilines is 2. The number of hydrogen-bond donors (Lipinski definition) is 2. The van der Waals surface area contributed by atoms with Gasteiger partial charge in [-0.1, -0.05) is 5.92 Å². The van der Waals surface area contributed by atoms with Gasteiger partial charge in [-0.2, -0.15) is 0 Å². The van der Waals surface area contributed by atoms with Gasteiger partial charge in [-0.05, 0) is 18.2 Å². The van der Waals surface area contributed by atoms with Crippen molar-refractivity contribution in [2.45, 2.75) is 6.42 Å². The van der Waals surface area contributed by atoms with Crippen LogP contribution in [0.2, 0.25) is 0 Å². The van der Waals surface area contributed by atoms with Gasteiger partial charge in [0, 0.05) is 0 Å². The van der Waals surface area contributed by atoms with Gasteiger partial charge in [-0.15, -0.1) is 6.42 Å². The van der Waals surface area contributed by atoms with E-state index >= 15 is 0 Å². The van der Waals surface area contributed by atoms with Gasteiger partial charge < -0.3 is 11.1 Å². The molecular weight excluding hydrogens is 183 g/mol. The van der Waals surface area contributed by atoms with Gasteiger partial charge in [0.05, 0.1) is 17.8 Å². The van der Waals surface area contributed by atoms with E-state index in [1.165, 1.54) is 12.1 Å². The quantitative estimate of drug-likeness (QED) is 0.549. The predicted molar refractivity (Wildman–Crippen MR) is 52.9 cm³/mol. The fourth-order valence-corrected chi connectivity index (χ4v) is 0.924. The lowest BCUT2D eigenvalue weighted by Crippen LogP contribution is -2.11. The van der Waals surface area contributed by atoms with E-state index in [0.29, 0.717) is 5.69 Å². The Bertz CT molecular complexity index is 396. The zero-order valence-corrected chi connectivity index (χ0v) is 7.38. The molecule has 0 aromatic heterocycles. The van der Waals surface area contributed by atoms with Gasteiger partial charge in [-0.3, -0.25) is 4.79 Å². The summed E-state index contributed by atoms with van der Waals surface area (Å²) >= 11 is 0. The highest BCUT2D eigenvalue weighted by Crippen LogP contribution is 2.19. The molecule has 1 rings (SSSR count). The Morgan fingerprint density at radius 2 is 2.36 bits per heavy atom. The minimum absolute atomic E-state index is 0.0596. The fraction of sp³-hybridized carbons (Fsp3) is 0.100. The maximum Gasteiger partial charge on any atom is 0.236 e. The number of terminal acetylenes is 1. The molecule has 0 heterocycles. The van der Waals surface area contributed by atoms with Gasteiger partial charge in [0.25, 0.3) is 0 Å². The van der Waals surface area contributed by atoms with Crippen LogP contribution in [0.3, 0.4) is 0 Å². The second kappa shape index (κ2) is 4.28. The molecule has 1 aromatic rings. The van der Waals surface area contributed by atoms with Crippen molar-refractivity contribution >= 4 is 17.3 Å². The van der Waals surface area contributed by atoms with Crippen LogP contribution in [0, 0.1) is 18.2 Å². The number of halogens is 1. The second-order valence-electron chi connectivity index (χ2n) is 2.66. The van der Waals surface area contributed by atoms with Crippen molar-refractivity contribution in [1.82, 2.24) is 0 Å². The average Bonchev–Trinajstić information content (AvgIpc) is 2.12. The third kappa shape index (κ3) is 2.49. The number of hydrogen-bond acceptors (Lipinski definition) is 2. The lowest BCUT2D eigenvalue weighted by atomic mass is 10.2. The number of benzene rings is 1. The lowest BCUT2D eigenvalue weighted by molar-refractivity contribution is -0.115.